The van der Waals surface area contributed by atoms with Gasteiger partial charge in [-0.3, -0.25) is 9.59 Å². The molecule has 6 heteroatoms. The molecule has 110 valence electrons. The maximum absolute atomic E-state index is 11.9. The number of amides is 2. The highest BCUT2D eigenvalue weighted by Crippen LogP contribution is 2.19. The largest absolute Gasteiger partial charge is 0.351 e. The monoisotopic (exact) mass is 297 g/mol. The molecule has 1 aliphatic carbocycles. The molecule has 0 aromatic heterocycles. The average molecular weight is 298 g/mol. The Hall–Kier alpha value is -1.59. The molecule has 0 bridgehead atoms. The van der Waals surface area contributed by atoms with Gasteiger partial charge in [0.05, 0.1) is 6.04 Å². The van der Waals surface area contributed by atoms with Gasteiger partial charge in [0.25, 0.3) is 5.91 Å². The van der Waals surface area contributed by atoms with Crippen LogP contribution in [0, 0.1) is 0 Å². The molecule has 0 heterocycles. The van der Waals surface area contributed by atoms with Crippen LogP contribution in [0.25, 0.3) is 0 Å². The van der Waals surface area contributed by atoms with Crippen molar-refractivity contribution in [2.75, 3.05) is 0 Å². The standard InChI is InChI=1S/C14H19N3O2.ClH/c1-9(15)13(18)16-8-10-3-2-4-11(7-10)14(19)17-12-5-6-12;/h2-4,7,9,12H,5-6,8,15H2,1H3,(H,16,18)(H,17,19);1H/t9-;/m1./s1. The van der Waals surface area contributed by atoms with Gasteiger partial charge in [-0.15, -0.1) is 12.4 Å². The van der Waals surface area contributed by atoms with Crippen molar-refractivity contribution in [3.8, 4) is 0 Å². The normalized spacial score (nSPS) is 14.9. The summed E-state index contributed by atoms with van der Waals surface area (Å²) in [4.78, 5) is 23.2. The van der Waals surface area contributed by atoms with E-state index in [0.717, 1.165) is 18.4 Å². The van der Waals surface area contributed by atoms with Crippen molar-refractivity contribution in [3.63, 3.8) is 0 Å². The molecule has 0 radical (unpaired) electrons. The first-order valence-electron chi connectivity index (χ1n) is 6.49. The van der Waals surface area contributed by atoms with E-state index < -0.39 is 6.04 Å². The lowest BCUT2D eigenvalue weighted by atomic mass is 10.1. The SMILES string of the molecule is C[C@@H](N)C(=O)NCc1cccc(C(=O)NC2CC2)c1.Cl. The Labute approximate surface area is 124 Å². The maximum atomic E-state index is 11.9. The molecule has 2 amide bonds. The van der Waals surface area contributed by atoms with Gasteiger partial charge in [0, 0.05) is 18.2 Å². The third-order valence-electron chi connectivity index (χ3n) is 2.98. The summed E-state index contributed by atoms with van der Waals surface area (Å²) >= 11 is 0. The van der Waals surface area contributed by atoms with Gasteiger partial charge in [-0.2, -0.15) is 0 Å². The minimum atomic E-state index is -0.527. The maximum Gasteiger partial charge on any atom is 0.251 e. The van der Waals surface area contributed by atoms with E-state index in [1.807, 2.05) is 12.1 Å². The smallest absolute Gasteiger partial charge is 0.251 e. The number of nitrogens with one attached hydrogen (secondary N) is 2. The van der Waals surface area contributed by atoms with Crippen molar-refractivity contribution >= 4 is 24.2 Å². The molecule has 0 unspecified atom stereocenters. The number of halogens is 1. The molecule has 5 nitrogen and oxygen atoms in total. The van der Waals surface area contributed by atoms with E-state index in [1.54, 1.807) is 19.1 Å². The Balaban J connectivity index is 0.00000200. The first kappa shape index (κ1) is 16.5. The number of rotatable bonds is 5. The third-order valence-corrected chi connectivity index (χ3v) is 2.98. The molecule has 4 N–H and O–H groups in total. The highest BCUT2D eigenvalue weighted by Gasteiger charge is 2.23. The fourth-order valence-electron chi connectivity index (χ4n) is 1.67. The van der Waals surface area contributed by atoms with Gasteiger partial charge in [0.1, 0.15) is 0 Å². The predicted octanol–water partition coefficient (Wildman–Crippen LogP) is 0.964. The highest BCUT2D eigenvalue weighted by atomic mass is 35.5. The Kier molecular flexibility index (Phi) is 5.98. The molecule has 0 aliphatic heterocycles. The van der Waals surface area contributed by atoms with Crippen molar-refractivity contribution in [2.45, 2.75) is 38.4 Å². The van der Waals surface area contributed by atoms with Gasteiger partial charge < -0.3 is 16.4 Å². The summed E-state index contributed by atoms with van der Waals surface area (Å²) in [6.07, 6.45) is 2.13. The lowest BCUT2D eigenvalue weighted by Gasteiger charge is -2.09. The Morgan fingerprint density at radius 1 is 1.40 bits per heavy atom. The van der Waals surface area contributed by atoms with Crippen LogP contribution in [0.1, 0.15) is 35.7 Å². The van der Waals surface area contributed by atoms with E-state index >= 15 is 0 Å². The Bertz CT molecular complexity index is 487. The van der Waals surface area contributed by atoms with Gasteiger partial charge in [-0.1, -0.05) is 12.1 Å². The zero-order valence-electron chi connectivity index (χ0n) is 11.4. The van der Waals surface area contributed by atoms with Gasteiger partial charge >= 0.3 is 0 Å². The molecule has 1 fully saturated rings. The van der Waals surface area contributed by atoms with Crippen molar-refractivity contribution in [2.24, 2.45) is 5.73 Å². The number of hydrogen-bond donors (Lipinski definition) is 3. The Morgan fingerprint density at radius 2 is 2.10 bits per heavy atom. The Morgan fingerprint density at radius 3 is 2.70 bits per heavy atom. The van der Waals surface area contributed by atoms with E-state index in [4.69, 9.17) is 5.73 Å². The summed E-state index contributed by atoms with van der Waals surface area (Å²) < 4.78 is 0. The van der Waals surface area contributed by atoms with Crippen LogP contribution < -0.4 is 16.4 Å². The van der Waals surface area contributed by atoms with Crippen molar-refractivity contribution in [3.05, 3.63) is 35.4 Å². The van der Waals surface area contributed by atoms with Crippen molar-refractivity contribution in [1.29, 1.82) is 0 Å². The zero-order valence-corrected chi connectivity index (χ0v) is 12.2. The summed E-state index contributed by atoms with van der Waals surface area (Å²) in [5.74, 6) is -0.254. The molecule has 1 aromatic carbocycles. The molecular weight excluding hydrogens is 278 g/mol. The fraction of sp³-hybridized carbons (Fsp3) is 0.429. The lowest BCUT2D eigenvalue weighted by Crippen LogP contribution is -2.37. The van der Waals surface area contributed by atoms with E-state index in [1.165, 1.54) is 0 Å². The molecule has 20 heavy (non-hydrogen) atoms. The second kappa shape index (κ2) is 7.26. The lowest BCUT2D eigenvalue weighted by molar-refractivity contribution is -0.122. The topological polar surface area (TPSA) is 84.2 Å². The molecule has 1 atom stereocenters. The molecule has 1 aromatic rings. The van der Waals surface area contributed by atoms with Gasteiger partial charge in [-0.05, 0) is 37.5 Å². The van der Waals surface area contributed by atoms with Gasteiger partial charge in [0.2, 0.25) is 5.91 Å². The number of benzene rings is 1. The van der Waals surface area contributed by atoms with Crippen LogP contribution in [0.15, 0.2) is 24.3 Å². The van der Waals surface area contributed by atoms with Crippen LogP contribution in [0.5, 0.6) is 0 Å². The minimum absolute atomic E-state index is 0. The quantitative estimate of drug-likeness (QED) is 0.757. The number of hydrogen-bond acceptors (Lipinski definition) is 3. The molecule has 2 rings (SSSR count). The summed E-state index contributed by atoms with van der Waals surface area (Å²) in [6.45, 7) is 2.01. The van der Waals surface area contributed by atoms with Crippen LogP contribution >= 0.6 is 12.4 Å². The molecule has 1 aliphatic rings. The highest BCUT2D eigenvalue weighted by molar-refractivity contribution is 5.94. The number of carbonyl (C=O) groups is 2. The van der Waals surface area contributed by atoms with Crippen molar-refractivity contribution < 1.29 is 9.59 Å². The van der Waals surface area contributed by atoms with Crippen LogP contribution in [-0.4, -0.2) is 23.9 Å². The zero-order chi connectivity index (χ0) is 13.8. The first-order chi connectivity index (χ1) is 9.06. The average Bonchev–Trinajstić information content (AvgIpc) is 3.20. The summed E-state index contributed by atoms with van der Waals surface area (Å²) in [5.41, 5.74) is 6.97. The van der Waals surface area contributed by atoms with E-state index in [2.05, 4.69) is 10.6 Å². The van der Waals surface area contributed by atoms with E-state index in [0.29, 0.717) is 18.2 Å². The summed E-state index contributed by atoms with van der Waals surface area (Å²) in [5, 5.41) is 5.66. The summed E-state index contributed by atoms with van der Waals surface area (Å²) in [6, 6.07) is 7.06. The molecule has 1 saturated carbocycles. The van der Waals surface area contributed by atoms with Gasteiger partial charge in [-0.25, -0.2) is 0 Å². The van der Waals surface area contributed by atoms with Crippen LogP contribution in [-0.2, 0) is 11.3 Å². The van der Waals surface area contributed by atoms with Crippen LogP contribution in [0.3, 0.4) is 0 Å². The second-order valence-corrected chi connectivity index (χ2v) is 4.95. The van der Waals surface area contributed by atoms with E-state index in [-0.39, 0.29) is 24.2 Å². The number of carbonyl (C=O) groups excluding carboxylic acids is 2. The third kappa shape index (κ3) is 4.83. The molecular formula is C14H20ClN3O2. The first-order valence-corrected chi connectivity index (χ1v) is 6.49. The van der Waals surface area contributed by atoms with Crippen LogP contribution in [0.4, 0.5) is 0 Å². The molecule has 0 saturated heterocycles. The van der Waals surface area contributed by atoms with Gasteiger partial charge in [0.15, 0.2) is 0 Å². The van der Waals surface area contributed by atoms with Crippen LogP contribution in [0.2, 0.25) is 0 Å². The molecule has 0 spiro atoms. The number of nitrogens with two attached hydrogens (primary N) is 1. The minimum Gasteiger partial charge on any atom is -0.351 e. The van der Waals surface area contributed by atoms with E-state index in [9.17, 15) is 9.59 Å². The second-order valence-electron chi connectivity index (χ2n) is 4.95. The predicted molar refractivity (Wildman–Crippen MR) is 79.7 cm³/mol. The summed E-state index contributed by atoms with van der Waals surface area (Å²) in [7, 11) is 0. The van der Waals surface area contributed by atoms with Crippen molar-refractivity contribution in [1.82, 2.24) is 10.6 Å². The fourth-order valence-corrected chi connectivity index (χ4v) is 1.67.